The molecule has 3 nitrogen and oxygen atoms in total. The van der Waals surface area contributed by atoms with Gasteiger partial charge in [-0.25, -0.2) is 0 Å². The summed E-state index contributed by atoms with van der Waals surface area (Å²) in [6.45, 7) is 0. The molecule has 19 heavy (non-hydrogen) atoms. The highest BCUT2D eigenvalue weighted by Gasteiger charge is 2.12. The van der Waals surface area contributed by atoms with Gasteiger partial charge in [-0.2, -0.15) is 4.98 Å². The van der Waals surface area contributed by atoms with E-state index in [9.17, 15) is 0 Å². The first kappa shape index (κ1) is 12.5. The Bertz CT molecular complexity index is 726. The third-order valence-electron chi connectivity index (χ3n) is 2.73. The van der Waals surface area contributed by atoms with Crippen molar-refractivity contribution in [2.75, 3.05) is 0 Å². The zero-order chi connectivity index (χ0) is 13.2. The first-order valence-corrected chi connectivity index (χ1v) is 7.23. The molecule has 0 saturated carbocycles. The van der Waals surface area contributed by atoms with Gasteiger partial charge >= 0.3 is 0 Å². The topological polar surface area (TPSA) is 26.5 Å². The molecule has 0 aliphatic carbocycles. The van der Waals surface area contributed by atoms with Gasteiger partial charge in [-0.05, 0) is 30.3 Å². The highest BCUT2D eigenvalue weighted by molar-refractivity contribution is 9.08. The van der Waals surface area contributed by atoms with Crippen molar-refractivity contribution in [3.05, 3.63) is 59.4 Å². The second kappa shape index (κ2) is 5.23. The van der Waals surface area contributed by atoms with Crippen molar-refractivity contribution in [3.63, 3.8) is 0 Å². The quantitative estimate of drug-likeness (QED) is 0.649. The maximum absolute atomic E-state index is 5.95. The summed E-state index contributed by atoms with van der Waals surface area (Å²) in [5.74, 6) is 1.27. The molecular weight excluding hydrogens is 328 g/mol. The van der Waals surface area contributed by atoms with Crippen LogP contribution in [-0.4, -0.2) is 9.38 Å². The van der Waals surface area contributed by atoms with Gasteiger partial charge in [-0.15, -0.1) is 0 Å². The molecule has 0 amide bonds. The zero-order valence-electron chi connectivity index (χ0n) is 9.88. The molecule has 0 aliphatic rings. The SMILES string of the molecule is Clc1cccc(Oc2nc3ccccn3c2CBr)c1. The van der Waals surface area contributed by atoms with Crippen LogP contribution in [0.4, 0.5) is 0 Å². The van der Waals surface area contributed by atoms with Crippen LogP contribution in [-0.2, 0) is 5.33 Å². The maximum Gasteiger partial charge on any atom is 0.242 e. The normalized spacial score (nSPS) is 10.8. The number of nitrogens with zero attached hydrogens (tertiary/aromatic N) is 2. The summed E-state index contributed by atoms with van der Waals surface area (Å²) in [5, 5.41) is 1.30. The second-order valence-corrected chi connectivity index (χ2v) is 4.98. The Kier molecular flexibility index (Phi) is 3.44. The summed E-state index contributed by atoms with van der Waals surface area (Å²) in [7, 11) is 0. The molecule has 0 fully saturated rings. The summed E-state index contributed by atoms with van der Waals surface area (Å²) in [6.07, 6.45) is 1.96. The largest absolute Gasteiger partial charge is 0.437 e. The number of imidazole rings is 1. The van der Waals surface area contributed by atoms with Crippen LogP contribution < -0.4 is 4.74 Å². The Hall–Kier alpha value is -1.52. The number of rotatable bonds is 3. The van der Waals surface area contributed by atoms with Crippen molar-refractivity contribution < 1.29 is 4.74 Å². The van der Waals surface area contributed by atoms with E-state index in [4.69, 9.17) is 16.3 Å². The fourth-order valence-corrected chi connectivity index (χ4v) is 2.56. The van der Waals surface area contributed by atoms with Crippen LogP contribution in [0, 0.1) is 0 Å². The van der Waals surface area contributed by atoms with Crippen LogP contribution in [0.3, 0.4) is 0 Å². The highest BCUT2D eigenvalue weighted by Crippen LogP contribution is 2.28. The summed E-state index contributed by atoms with van der Waals surface area (Å²) < 4.78 is 7.81. The number of fused-ring (bicyclic) bond motifs is 1. The Morgan fingerprint density at radius 3 is 2.89 bits per heavy atom. The molecule has 96 valence electrons. The van der Waals surface area contributed by atoms with Gasteiger partial charge in [0.25, 0.3) is 0 Å². The predicted molar refractivity (Wildman–Crippen MR) is 79.3 cm³/mol. The first-order chi connectivity index (χ1) is 9.28. The Morgan fingerprint density at radius 1 is 1.21 bits per heavy atom. The van der Waals surface area contributed by atoms with E-state index in [1.807, 2.05) is 47.0 Å². The summed E-state index contributed by atoms with van der Waals surface area (Å²) in [6, 6.07) is 13.1. The molecule has 1 aromatic carbocycles. The van der Waals surface area contributed by atoms with Gasteiger partial charge < -0.3 is 4.74 Å². The smallest absolute Gasteiger partial charge is 0.242 e. The molecule has 0 atom stereocenters. The van der Waals surface area contributed by atoms with Crippen molar-refractivity contribution in [3.8, 4) is 11.6 Å². The van der Waals surface area contributed by atoms with E-state index in [-0.39, 0.29) is 0 Å². The number of aromatic nitrogens is 2. The summed E-state index contributed by atoms with van der Waals surface area (Å²) >= 11 is 9.42. The molecule has 3 rings (SSSR count). The van der Waals surface area contributed by atoms with Gasteiger partial charge in [0, 0.05) is 16.5 Å². The van der Waals surface area contributed by atoms with E-state index in [2.05, 4.69) is 20.9 Å². The summed E-state index contributed by atoms with van der Waals surface area (Å²) in [4.78, 5) is 4.48. The molecule has 0 saturated heterocycles. The molecule has 0 unspecified atom stereocenters. The number of hydrogen-bond donors (Lipinski definition) is 0. The molecule has 2 aromatic heterocycles. The number of alkyl halides is 1. The molecular formula is C14H10BrClN2O. The maximum atomic E-state index is 5.95. The third kappa shape index (κ3) is 2.46. The predicted octanol–water partition coefficient (Wildman–Crippen LogP) is 4.67. The van der Waals surface area contributed by atoms with Crippen molar-refractivity contribution in [1.29, 1.82) is 0 Å². The van der Waals surface area contributed by atoms with E-state index in [0.29, 0.717) is 22.0 Å². The number of benzene rings is 1. The van der Waals surface area contributed by atoms with Crippen LogP contribution in [0.25, 0.3) is 5.65 Å². The molecule has 2 heterocycles. The number of halogens is 2. The zero-order valence-corrected chi connectivity index (χ0v) is 12.2. The van der Waals surface area contributed by atoms with Crippen molar-refractivity contribution in [1.82, 2.24) is 9.38 Å². The van der Waals surface area contributed by atoms with Gasteiger partial charge in [0.1, 0.15) is 11.4 Å². The van der Waals surface area contributed by atoms with Crippen LogP contribution in [0.5, 0.6) is 11.6 Å². The fourth-order valence-electron chi connectivity index (χ4n) is 1.87. The van der Waals surface area contributed by atoms with E-state index in [1.165, 1.54) is 0 Å². The number of ether oxygens (including phenoxy) is 1. The lowest BCUT2D eigenvalue weighted by Gasteiger charge is -2.04. The molecule has 0 N–H and O–H groups in total. The molecule has 0 aliphatic heterocycles. The third-order valence-corrected chi connectivity index (χ3v) is 3.50. The van der Waals surface area contributed by atoms with Crippen LogP contribution in [0.15, 0.2) is 48.7 Å². The lowest BCUT2D eigenvalue weighted by molar-refractivity contribution is 0.462. The van der Waals surface area contributed by atoms with Gasteiger partial charge in [0.05, 0.1) is 5.69 Å². The molecule has 0 radical (unpaired) electrons. The minimum Gasteiger partial charge on any atom is -0.437 e. The minimum atomic E-state index is 0.588. The van der Waals surface area contributed by atoms with Gasteiger partial charge in [-0.3, -0.25) is 4.40 Å². The number of pyridine rings is 1. The fraction of sp³-hybridized carbons (Fsp3) is 0.0714. The highest BCUT2D eigenvalue weighted by atomic mass is 79.9. The monoisotopic (exact) mass is 336 g/mol. The van der Waals surface area contributed by atoms with Crippen molar-refractivity contribution in [2.45, 2.75) is 5.33 Å². The van der Waals surface area contributed by atoms with Gasteiger partial charge in [0.15, 0.2) is 0 Å². The van der Waals surface area contributed by atoms with Crippen LogP contribution in [0.1, 0.15) is 5.69 Å². The van der Waals surface area contributed by atoms with E-state index in [0.717, 1.165) is 11.3 Å². The Labute approximate surface area is 123 Å². The Balaban J connectivity index is 2.05. The van der Waals surface area contributed by atoms with Crippen LogP contribution in [0.2, 0.25) is 5.02 Å². The molecule has 5 heteroatoms. The second-order valence-electron chi connectivity index (χ2n) is 3.99. The van der Waals surface area contributed by atoms with E-state index >= 15 is 0 Å². The Morgan fingerprint density at radius 2 is 2.11 bits per heavy atom. The van der Waals surface area contributed by atoms with Crippen molar-refractivity contribution in [2.24, 2.45) is 0 Å². The average molecular weight is 338 g/mol. The number of hydrogen-bond acceptors (Lipinski definition) is 2. The molecule has 0 spiro atoms. The standard InChI is InChI=1S/C14H10BrClN2O/c15-9-12-14(17-13-6-1-2-7-18(12)13)19-11-5-3-4-10(16)8-11/h1-8H,9H2. The van der Waals surface area contributed by atoms with Crippen molar-refractivity contribution >= 4 is 33.2 Å². The molecule has 0 bridgehead atoms. The minimum absolute atomic E-state index is 0.588. The average Bonchev–Trinajstić information content (AvgIpc) is 2.75. The lowest BCUT2D eigenvalue weighted by atomic mass is 10.3. The van der Waals surface area contributed by atoms with E-state index in [1.54, 1.807) is 6.07 Å². The van der Waals surface area contributed by atoms with E-state index < -0.39 is 0 Å². The molecule has 3 aromatic rings. The summed E-state index contributed by atoms with van der Waals surface area (Å²) in [5.41, 5.74) is 1.82. The van der Waals surface area contributed by atoms with Gasteiger partial charge in [-0.1, -0.05) is 39.7 Å². The van der Waals surface area contributed by atoms with Crippen LogP contribution >= 0.6 is 27.5 Å². The first-order valence-electron chi connectivity index (χ1n) is 5.73. The lowest BCUT2D eigenvalue weighted by Crippen LogP contribution is -1.91. The van der Waals surface area contributed by atoms with Gasteiger partial charge in [0.2, 0.25) is 5.88 Å².